The van der Waals surface area contributed by atoms with Gasteiger partial charge in [-0.3, -0.25) is 4.79 Å². The minimum atomic E-state index is -3.06. The molecule has 0 aliphatic heterocycles. The lowest BCUT2D eigenvalue weighted by Gasteiger charge is -2.13. The van der Waals surface area contributed by atoms with Crippen LogP contribution >= 0.6 is 0 Å². The van der Waals surface area contributed by atoms with E-state index < -0.39 is 24.7 Å². The molecule has 8 heteroatoms. The highest BCUT2D eigenvalue weighted by Crippen LogP contribution is 2.26. The van der Waals surface area contributed by atoms with Crippen LogP contribution in [0.25, 0.3) is 0 Å². The van der Waals surface area contributed by atoms with Gasteiger partial charge in [-0.2, -0.15) is 8.78 Å². The Labute approximate surface area is 118 Å². The van der Waals surface area contributed by atoms with E-state index in [2.05, 4.69) is 9.47 Å². The fourth-order valence-electron chi connectivity index (χ4n) is 1.66. The minimum Gasteiger partial charge on any atom is -0.479 e. The second-order valence-corrected chi connectivity index (χ2v) is 4.06. The number of esters is 1. The lowest BCUT2D eigenvalue weighted by Crippen LogP contribution is -2.12. The lowest BCUT2D eigenvalue weighted by molar-refractivity contribution is -0.147. The van der Waals surface area contributed by atoms with Gasteiger partial charge < -0.3 is 19.7 Å². The van der Waals surface area contributed by atoms with Gasteiger partial charge >= 0.3 is 18.6 Å². The first-order valence-electron chi connectivity index (χ1n) is 5.90. The number of methoxy groups -OCH3 is 1. The summed E-state index contributed by atoms with van der Waals surface area (Å²) < 4.78 is 33.3. The van der Waals surface area contributed by atoms with E-state index in [-0.39, 0.29) is 29.7 Å². The van der Waals surface area contributed by atoms with Crippen LogP contribution in [0.3, 0.4) is 0 Å². The summed E-state index contributed by atoms with van der Waals surface area (Å²) in [6, 6.07) is 3.50. The van der Waals surface area contributed by atoms with Gasteiger partial charge in [-0.05, 0) is 29.7 Å². The minimum absolute atomic E-state index is 0.00369. The van der Waals surface area contributed by atoms with Crippen LogP contribution in [-0.2, 0) is 20.7 Å². The number of carboxylic acid groups (broad SMARTS) is 1. The van der Waals surface area contributed by atoms with E-state index in [9.17, 15) is 23.5 Å². The monoisotopic (exact) mass is 304 g/mol. The number of hydrogen-bond acceptors (Lipinski definition) is 5. The van der Waals surface area contributed by atoms with Crippen molar-refractivity contribution in [2.45, 2.75) is 25.6 Å². The van der Waals surface area contributed by atoms with Crippen molar-refractivity contribution in [1.82, 2.24) is 0 Å². The van der Waals surface area contributed by atoms with Gasteiger partial charge in [0.15, 0.2) is 6.10 Å². The smallest absolute Gasteiger partial charge is 0.387 e. The molecule has 0 radical (unpaired) electrons. The van der Waals surface area contributed by atoms with Crippen molar-refractivity contribution in [2.75, 3.05) is 7.11 Å². The molecule has 0 aliphatic carbocycles. The number of ether oxygens (including phenoxy) is 2. The van der Waals surface area contributed by atoms with Crippen molar-refractivity contribution in [1.29, 1.82) is 0 Å². The number of alkyl halides is 2. The molecule has 1 aromatic rings. The Morgan fingerprint density at radius 3 is 2.52 bits per heavy atom. The molecule has 116 valence electrons. The molecule has 0 aromatic heterocycles. The molecule has 1 rings (SSSR count). The number of aliphatic carboxylic acids is 1. The number of rotatable bonds is 7. The number of carboxylic acids is 1. The SMILES string of the molecule is COC(=O)CCc1cc(C(O)C(=O)O)ccc1OC(F)F. The van der Waals surface area contributed by atoms with E-state index >= 15 is 0 Å². The first-order valence-corrected chi connectivity index (χ1v) is 5.90. The van der Waals surface area contributed by atoms with E-state index in [4.69, 9.17) is 5.11 Å². The predicted octanol–water partition coefficient (Wildman–Crippen LogP) is 1.51. The molecule has 0 aliphatic rings. The summed E-state index contributed by atoms with van der Waals surface area (Å²) in [7, 11) is 1.18. The van der Waals surface area contributed by atoms with Gasteiger partial charge in [-0.25, -0.2) is 4.79 Å². The molecule has 1 aromatic carbocycles. The zero-order chi connectivity index (χ0) is 16.0. The van der Waals surface area contributed by atoms with Crippen LogP contribution < -0.4 is 4.74 Å². The van der Waals surface area contributed by atoms with Crippen LogP contribution in [0.15, 0.2) is 18.2 Å². The van der Waals surface area contributed by atoms with Crippen molar-refractivity contribution in [3.05, 3.63) is 29.3 Å². The Morgan fingerprint density at radius 1 is 1.33 bits per heavy atom. The standard InChI is InChI=1S/C13H14F2O6/c1-20-10(16)5-3-7-6-8(11(17)12(18)19)2-4-9(7)21-13(14)15/h2,4,6,11,13,17H,3,5H2,1H3,(H,18,19). The molecular formula is C13H14F2O6. The predicted molar refractivity (Wildman–Crippen MR) is 66.0 cm³/mol. The largest absolute Gasteiger partial charge is 0.479 e. The molecule has 0 heterocycles. The Balaban J connectivity index is 3.03. The molecule has 0 amide bonds. The fraction of sp³-hybridized carbons (Fsp3) is 0.385. The number of aliphatic hydroxyl groups excluding tert-OH is 1. The molecule has 1 atom stereocenters. The average Bonchev–Trinajstić information content (AvgIpc) is 2.44. The van der Waals surface area contributed by atoms with E-state index in [1.54, 1.807) is 0 Å². The first-order chi connectivity index (χ1) is 9.85. The van der Waals surface area contributed by atoms with Gasteiger partial charge in [0.2, 0.25) is 0 Å². The number of hydrogen-bond donors (Lipinski definition) is 2. The quantitative estimate of drug-likeness (QED) is 0.742. The van der Waals surface area contributed by atoms with Crippen molar-refractivity contribution >= 4 is 11.9 Å². The third-order valence-electron chi connectivity index (χ3n) is 2.68. The highest BCUT2D eigenvalue weighted by atomic mass is 19.3. The molecule has 0 fully saturated rings. The molecule has 0 saturated carbocycles. The summed E-state index contributed by atoms with van der Waals surface area (Å²) in [5.41, 5.74) is 0.183. The fourth-order valence-corrected chi connectivity index (χ4v) is 1.66. The number of halogens is 2. The second kappa shape index (κ2) is 7.53. The summed E-state index contributed by atoms with van der Waals surface area (Å²) >= 11 is 0. The van der Waals surface area contributed by atoms with Gasteiger partial charge in [0.05, 0.1) is 7.11 Å². The molecule has 2 N–H and O–H groups in total. The van der Waals surface area contributed by atoms with Crippen LogP contribution in [0.1, 0.15) is 23.7 Å². The summed E-state index contributed by atoms with van der Waals surface area (Å²) in [6.45, 7) is -3.06. The maximum Gasteiger partial charge on any atom is 0.387 e. The number of carbonyl (C=O) groups excluding carboxylic acids is 1. The zero-order valence-electron chi connectivity index (χ0n) is 11.1. The number of aliphatic hydroxyl groups is 1. The van der Waals surface area contributed by atoms with Crippen molar-refractivity contribution in [3.63, 3.8) is 0 Å². The highest BCUT2D eigenvalue weighted by molar-refractivity contribution is 5.74. The van der Waals surface area contributed by atoms with E-state index in [1.165, 1.54) is 13.2 Å². The lowest BCUT2D eigenvalue weighted by atomic mass is 10.0. The van der Waals surface area contributed by atoms with Gasteiger partial charge in [-0.15, -0.1) is 0 Å². The molecule has 0 bridgehead atoms. The average molecular weight is 304 g/mol. The van der Waals surface area contributed by atoms with Crippen LogP contribution in [0.5, 0.6) is 5.75 Å². The van der Waals surface area contributed by atoms with Gasteiger partial charge in [0.25, 0.3) is 0 Å². The third-order valence-corrected chi connectivity index (χ3v) is 2.68. The Hall–Kier alpha value is -2.22. The summed E-state index contributed by atoms with van der Waals surface area (Å²) in [4.78, 5) is 21.8. The van der Waals surface area contributed by atoms with Gasteiger partial charge in [0, 0.05) is 6.42 Å². The van der Waals surface area contributed by atoms with Crippen LogP contribution in [-0.4, -0.2) is 35.9 Å². The Bertz CT molecular complexity index is 517. The van der Waals surface area contributed by atoms with Crippen LogP contribution in [0.4, 0.5) is 8.78 Å². The third kappa shape index (κ3) is 4.99. The molecule has 0 saturated heterocycles. The van der Waals surface area contributed by atoms with Crippen molar-refractivity contribution in [2.24, 2.45) is 0 Å². The Morgan fingerprint density at radius 2 is 2.00 bits per heavy atom. The van der Waals surface area contributed by atoms with Crippen LogP contribution in [0, 0.1) is 0 Å². The van der Waals surface area contributed by atoms with E-state index in [0.29, 0.717) is 0 Å². The molecule has 21 heavy (non-hydrogen) atoms. The van der Waals surface area contributed by atoms with Gasteiger partial charge in [0.1, 0.15) is 5.75 Å². The van der Waals surface area contributed by atoms with Crippen molar-refractivity contribution < 1.29 is 38.1 Å². The summed E-state index contributed by atoms with van der Waals surface area (Å²) in [5, 5.41) is 18.2. The van der Waals surface area contributed by atoms with Gasteiger partial charge in [-0.1, -0.05) is 6.07 Å². The van der Waals surface area contributed by atoms with Crippen LogP contribution in [0.2, 0.25) is 0 Å². The van der Waals surface area contributed by atoms with E-state index in [0.717, 1.165) is 12.1 Å². The normalized spacial score (nSPS) is 12.0. The zero-order valence-corrected chi connectivity index (χ0v) is 11.1. The summed E-state index contributed by atoms with van der Waals surface area (Å²) in [6.07, 6.45) is -1.88. The van der Waals surface area contributed by atoms with E-state index in [1.807, 2.05) is 0 Å². The van der Waals surface area contributed by atoms with Crippen molar-refractivity contribution in [3.8, 4) is 5.75 Å². The molecule has 0 spiro atoms. The topological polar surface area (TPSA) is 93.1 Å². The number of benzene rings is 1. The summed E-state index contributed by atoms with van der Waals surface area (Å²) in [5.74, 6) is -2.21. The second-order valence-electron chi connectivity index (χ2n) is 4.06. The molecule has 6 nitrogen and oxygen atoms in total. The number of aryl methyl sites for hydroxylation is 1. The first kappa shape index (κ1) is 16.8. The maximum atomic E-state index is 12.3. The maximum absolute atomic E-state index is 12.3. The highest BCUT2D eigenvalue weighted by Gasteiger charge is 2.19. The Kier molecular flexibility index (Phi) is 6.04. The molecule has 1 unspecified atom stereocenters. The number of carbonyl (C=O) groups is 2. The molecular weight excluding hydrogens is 290 g/mol.